The van der Waals surface area contributed by atoms with Crippen molar-refractivity contribution in [1.82, 2.24) is 5.32 Å². The molecule has 0 aliphatic rings. The fourth-order valence-electron chi connectivity index (χ4n) is 1.12. The first kappa shape index (κ1) is 12.4. The van der Waals surface area contributed by atoms with Gasteiger partial charge in [0.1, 0.15) is 12.4 Å². The first-order valence-electron chi connectivity index (χ1n) is 5.07. The summed E-state index contributed by atoms with van der Waals surface area (Å²) in [5.41, 5.74) is 5.88. The quantitative estimate of drug-likeness (QED) is 0.746. The lowest BCUT2D eigenvalue weighted by atomic mass is 10.2. The molecule has 0 saturated carbocycles. The van der Waals surface area contributed by atoms with Crippen LogP contribution < -0.4 is 11.1 Å². The lowest BCUT2D eigenvalue weighted by molar-refractivity contribution is 0.139. The third-order valence-electron chi connectivity index (χ3n) is 1.91. The minimum Gasteiger partial charge on any atom is -0.445 e. The molecule has 0 aromatic heterocycles. The van der Waals surface area contributed by atoms with E-state index in [2.05, 4.69) is 5.32 Å². The molecule has 1 aromatic carbocycles. The number of halogens is 1. The zero-order valence-corrected chi connectivity index (χ0v) is 8.91. The lowest BCUT2D eigenvalue weighted by Gasteiger charge is -2.06. The van der Waals surface area contributed by atoms with Crippen LogP contribution in [0.5, 0.6) is 0 Å². The highest BCUT2D eigenvalue weighted by Crippen LogP contribution is 2.04. The fourth-order valence-corrected chi connectivity index (χ4v) is 1.12. The Bertz CT molecular complexity index is 345. The maximum Gasteiger partial charge on any atom is 0.407 e. The molecule has 1 amide bonds. The van der Waals surface area contributed by atoms with E-state index in [1.54, 1.807) is 12.1 Å². The van der Waals surface area contributed by atoms with Gasteiger partial charge in [-0.2, -0.15) is 0 Å². The predicted molar refractivity (Wildman–Crippen MR) is 58.3 cm³/mol. The fraction of sp³-hybridized carbons (Fsp3) is 0.364. The van der Waals surface area contributed by atoms with Crippen LogP contribution in [0, 0.1) is 5.82 Å². The molecule has 0 atom stereocenters. The maximum absolute atomic E-state index is 12.8. The van der Waals surface area contributed by atoms with Crippen LogP contribution in [0.1, 0.15) is 12.0 Å². The third-order valence-corrected chi connectivity index (χ3v) is 1.91. The van der Waals surface area contributed by atoms with Gasteiger partial charge in [-0.15, -0.1) is 0 Å². The van der Waals surface area contributed by atoms with Gasteiger partial charge in [-0.1, -0.05) is 12.1 Å². The summed E-state index contributed by atoms with van der Waals surface area (Å²) < 4.78 is 17.6. The third kappa shape index (κ3) is 4.75. The molecule has 1 rings (SSSR count). The summed E-state index contributed by atoms with van der Waals surface area (Å²) in [6, 6.07) is 5.93. The topological polar surface area (TPSA) is 64.3 Å². The largest absolute Gasteiger partial charge is 0.445 e. The molecule has 0 bridgehead atoms. The summed E-state index contributed by atoms with van der Waals surface area (Å²) in [6.07, 6.45) is 0.187. The van der Waals surface area contributed by atoms with Gasteiger partial charge in [0, 0.05) is 6.54 Å². The zero-order chi connectivity index (χ0) is 11.8. The smallest absolute Gasteiger partial charge is 0.407 e. The Morgan fingerprint density at radius 3 is 3.00 bits per heavy atom. The minimum absolute atomic E-state index is 0.0617. The van der Waals surface area contributed by atoms with Gasteiger partial charge in [0.15, 0.2) is 0 Å². The number of benzene rings is 1. The van der Waals surface area contributed by atoms with Crippen molar-refractivity contribution in [2.45, 2.75) is 13.0 Å². The maximum atomic E-state index is 12.8. The van der Waals surface area contributed by atoms with Crippen molar-refractivity contribution in [2.24, 2.45) is 5.73 Å². The SMILES string of the molecule is NCCCNC(=O)OCc1cccc(F)c1. The van der Waals surface area contributed by atoms with Gasteiger partial charge in [-0.3, -0.25) is 0 Å². The van der Waals surface area contributed by atoms with Crippen molar-refractivity contribution in [3.8, 4) is 0 Å². The van der Waals surface area contributed by atoms with Crippen LogP contribution in [0.3, 0.4) is 0 Å². The van der Waals surface area contributed by atoms with Gasteiger partial charge in [0.2, 0.25) is 0 Å². The molecule has 0 heterocycles. The van der Waals surface area contributed by atoms with Gasteiger partial charge in [0.25, 0.3) is 0 Å². The average molecular weight is 226 g/mol. The van der Waals surface area contributed by atoms with E-state index in [9.17, 15) is 9.18 Å². The standard InChI is InChI=1S/C11H15FN2O2/c12-10-4-1-3-9(7-10)8-16-11(15)14-6-2-5-13/h1,3-4,7H,2,5-6,8,13H2,(H,14,15). The highest BCUT2D eigenvalue weighted by atomic mass is 19.1. The zero-order valence-electron chi connectivity index (χ0n) is 8.91. The van der Waals surface area contributed by atoms with Crippen LogP contribution in [0.2, 0.25) is 0 Å². The Labute approximate surface area is 93.6 Å². The van der Waals surface area contributed by atoms with Crippen molar-refractivity contribution in [3.05, 3.63) is 35.6 Å². The van der Waals surface area contributed by atoms with Crippen LogP contribution in [0.15, 0.2) is 24.3 Å². The molecule has 0 unspecified atom stereocenters. The number of nitrogens with two attached hydrogens (primary N) is 1. The van der Waals surface area contributed by atoms with Crippen LogP contribution in [0.25, 0.3) is 0 Å². The Kier molecular flexibility index (Phi) is 5.28. The highest BCUT2D eigenvalue weighted by Gasteiger charge is 2.01. The van der Waals surface area contributed by atoms with E-state index in [0.29, 0.717) is 25.1 Å². The summed E-state index contributed by atoms with van der Waals surface area (Å²) in [4.78, 5) is 11.1. The molecule has 88 valence electrons. The second kappa shape index (κ2) is 6.79. The molecule has 0 radical (unpaired) electrons. The number of hydrogen-bond donors (Lipinski definition) is 2. The summed E-state index contributed by atoms with van der Waals surface area (Å²) >= 11 is 0. The molecule has 5 heteroatoms. The van der Waals surface area contributed by atoms with E-state index in [4.69, 9.17) is 10.5 Å². The lowest BCUT2D eigenvalue weighted by Crippen LogP contribution is -2.26. The Morgan fingerprint density at radius 1 is 1.50 bits per heavy atom. The van der Waals surface area contributed by atoms with Gasteiger partial charge in [-0.05, 0) is 30.7 Å². The predicted octanol–water partition coefficient (Wildman–Crippen LogP) is 1.40. The number of amides is 1. The first-order valence-corrected chi connectivity index (χ1v) is 5.07. The Morgan fingerprint density at radius 2 is 2.31 bits per heavy atom. The van der Waals surface area contributed by atoms with Crippen LogP contribution in [-0.4, -0.2) is 19.2 Å². The second-order valence-corrected chi connectivity index (χ2v) is 3.28. The molecule has 0 saturated heterocycles. The molecule has 0 spiro atoms. The minimum atomic E-state index is -0.516. The van der Waals surface area contributed by atoms with E-state index in [-0.39, 0.29) is 12.4 Å². The van der Waals surface area contributed by atoms with E-state index >= 15 is 0 Å². The molecule has 0 aliphatic heterocycles. The highest BCUT2D eigenvalue weighted by molar-refractivity contribution is 5.67. The number of alkyl carbamates (subject to hydrolysis) is 1. The van der Waals surface area contributed by atoms with Crippen molar-refractivity contribution >= 4 is 6.09 Å². The first-order chi connectivity index (χ1) is 7.72. The molecular weight excluding hydrogens is 211 g/mol. The van der Waals surface area contributed by atoms with E-state index in [1.165, 1.54) is 12.1 Å². The van der Waals surface area contributed by atoms with Crippen molar-refractivity contribution in [2.75, 3.05) is 13.1 Å². The van der Waals surface area contributed by atoms with E-state index in [1.807, 2.05) is 0 Å². The number of carbonyl (C=O) groups excluding carboxylic acids is 1. The molecule has 16 heavy (non-hydrogen) atoms. The van der Waals surface area contributed by atoms with Crippen molar-refractivity contribution in [3.63, 3.8) is 0 Å². The van der Waals surface area contributed by atoms with Gasteiger partial charge < -0.3 is 15.8 Å². The average Bonchev–Trinajstić information content (AvgIpc) is 2.27. The van der Waals surface area contributed by atoms with Gasteiger partial charge in [-0.25, -0.2) is 9.18 Å². The summed E-state index contributed by atoms with van der Waals surface area (Å²) in [6.45, 7) is 1.06. The molecular formula is C11H15FN2O2. The van der Waals surface area contributed by atoms with Crippen LogP contribution in [-0.2, 0) is 11.3 Å². The number of ether oxygens (including phenoxy) is 1. The molecule has 1 aromatic rings. The number of nitrogens with one attached hydrogen (secondary N) is 1. The van der Waals surface area contributed by atoms with E-state index in [0.717, 1.165) is 0 Å². The Balaban J connectivity index is 2.26. The number of carbonyl (C=O) groups is 1. The monoisotopic (exact) mass is 226 g/mol. The molecule has 0 aliphatic carbocycles. The van der Waals surface area contributed by atoms with Gasteiger partial charge >= 0.3 is 6.09 Å². The van der Waals surface area contributed by atoms with E-state index < -0.39 is 6.09 Å². The summed E-state index contributed by atoms with van der Waals surface area (Å²) in [7, 11) is 0. The summed E-state index contributed by atoms with van der Waals surface area (Å²) in [5, 5.41) is 2.53. The van der Waals surface area contributed by atoms with Crippen molar-refractivity contribution < 1.29 is 13.9 Å². The molecule has 3 N–H and O–H groups in total. The van der Waals surface area contributed by atoms with Gasteiger partial charge in [0.05, 0.1) is 0 Å². The number of rotatable bonds is 5. The van der Waals surface area contributed by atoms with Crippen LogP contribution in [0.4, 0.5) is 9.18 Å². The summed E-state index contributed by atoms with van der Waals surface area (Å²) in [5.74, 6) is -0.343. The normalized spacial score (nSPS) is 9.88. The van der Waals surface area contributed by atoms with Crippen molar-refractivity contribution in [1.29, 1.82) is 0 Å². The molecule has 0 fully saturated rings. The number of hydrogen-bond acceptors (Lipinski definition) is 3. The van der Waals surface area contributed by atoms with Crippen LogP contribution >= 0.6 is 0 Å². The second-order valence-electron chi connectivity index (χ2n) is 3.28. The molecule has 4 nitrogen and oxygen atoms in total. The Hall–Kier alpha value is -1.62.